The van der Waals surface area contributed by atoms with Crippen molar-refractivity contribution >= 4 is 15.7 Å². The van der Waals surface area contributed by atoms with Crippen molar-refractivity contribution in [3.8, 4) is 0 Å². The van der Waals surface area contributed by atoms with Gasteiger partial charge in [-0.15, -0.1) is 0 Å². The summed E-state index contributed by atoms with van der Waals surface area (Å²) in [7, 11) is -3.33. The highest BCUT2D eigenvalue weighted by Crippen LogP contribution is 2.28. The van der Waals surface area contributed by atoms with Crippen molar-refractivity contribution in [3.05, 3.63) is 35.9 Å². The van der Waals surface area contributed by atoms with Gasteiger partial charge >= 0.3 is 0 Å². The molecule has 126 valence electrons. The summed E-state index contributed by atoms with van der Waals surface area (Å²) in [6.45, 7) is 0.933. The van der Waals surface area contributed by atoms with E-state index in [9.17, 15) is 13.2 Å². The lowest BCUT2D eigenvalue weighted by molar-refractivity contribution is -0.127. The molecule has 1 amide bonds. The molecule has 23 heavy (non-hydrogen) atoms. The third-order valence-corrected chi connectivity index (χ3v) is 7.22. The summed E-state index contributed by atoms with van der Waals surface area (Å²) in [6, 6.07) is 9.73. The van der Waals surface area contributed by atoms with E-state index in [2.05, 4.69) is 0 Å². The van der Waals surface area contributed by atoms with Gasteiger partial charge in [0.1, 0.15) is 5.75 Å². The maximum atomic E-state index is 12.4. The van der Waals surface area contributed by atoms with Gasteiger partial charge in [-0.25, -0.2) is 8.42 Å². The van der Waals surface area contributed by atoms with Crippen LogP contribution in [-0.2, 0) is 14.6 Å². The van der Waals surface area contributed by atoms with Gasteiger partial charge in [-0.2, -0.15) is 0 Å². The van der Waals surface area contributed by atoms with Crippen molar-refractivity contribution in [2.45, 2.75) is 42.9 Å². The number of benzene rings is 1. The number of hydrogen-bond acceptors (Lipinski definition) is 4. The third kappa shape index (κ3) is 3.58. The van der Waals surface area contributed by atoms with Crippen molar-refractivity contribution in [2.75, 3.05) is 18.8 Å². The Bertz CT molecular complexity index is 654. The number of rotatable bonds is 4. The molecule has 0 aromatic heterocycles. The third-order valence-electron chi connectivity index (χ3n) is 5.08. The normalized spacial score (nSPS) is 25.9. The first kappa shape index (κ1) is 16.5. The van der Waals surface area contributed by atoms with E-state index in [0.29, 0.717) is 25.9 Å². The maximum absolute atomic E-state index is 12.4. The standard InChI is InChI=1S/C17H24N2O3S/c18-16-11-19(10-15(16)13-6-2-1-3-7-13)17(20)12-23(21,22)14-8-4-5-9-14/h1-3,6-7,14-16H,4-5,8-12,18H2/t15-,16+/m0/s1. The quantitative estimate of drug-likeness (QED) is 0.898. The Labute approximate surface area is 137 Å². The van der Waals surface area contributed by atoms with Gasteiger partial charge in [0, 0.05) is 25.0 Å². The molecule has 1 heterocycles. The second-order valence-electron chi connectivity index (χ2n) is 6.69. The molecule has 1 saturated carbocycles. The summed E-state index contributed by atoms with van der Waals surface area (Å²) in [6.07, 6.45) is 3.29. The van der Waals surface area contributed by atoms with Crippen molar-refractivity contribution in [1.82, 2.24) is 4.90 Å². The van der Waals surface area contributed by atoms with Crippen molar-refractivity contribution < 1.29 is 13.2 Å². The predicted octanol–water partition coefficient (Wildman–Crippen LogP) is 1.30. The van der Waals surface area contributed by atoms with Crippen molar-refractivity contribution in [3.63, 3.8) is 0 Å². The lowest BCUT2D eigenvalue weighted by atomic mass is 9.95. The number of hydrogen-bond donors (Lipinski definition) is 1. The molecule has 0 bridgehead atoms. The predicted molar refractivity (Wildman–Crippen MR) is 89.8 cm³/mol. The number of amides is 1. The first-order chi connectivity index (χ1) is 11.0. The number of likely N-dealkylation sites (tertiary alicyclic amines) is 1. The van der Waals surface area contributed by atoms with Crippen LogP contribution in [0.3, 0.4) is 0 Å². The van der Waals surface area contributed by atoms with Gasteiger partial charge in [0.25, 0.3) is 0 Å². The molecule has 5 nitrogen and oxygen atoms in total. The lowest BCUT2D eigenvalue weighted by Gasteiger charge is -2.18. The molecule has 0 unspecified atom stereocenters. The van der Waals surface area contributed by atoms with Crippen LogP contribution in [0.1, 0.15) is 37.2 Å². The van der Waals surface area contributed by atoms with E-state index in [-0.39, 0.29) is 28.9 Å². The van der Waals surface area contributed by atoms with Crippen LogP contribution >= 0.6 is 0 Å². The van der Waals surface area contributed by atoms with Gasteiger partial charge in [0.15, 0.2) is 9.84 Å². The topological polar surface area (TPSA) is 80.5 Å². The summed E-state index contributed by atoms with van der Waals surface area (Å²) >= 11 is 0. The number of carbonyl (C=O) groups excluding carboxylic acids is 1. The summed E-state index contributed by atoms with van der Waals surface area (Å²) in [5.74, 6) is -0.591. The van der Waals surface area contributed by atoms with Crippen molar-refractivity contribution in [1.29, 1.82) is 0 Å². The molecule has 6 heteroatoms. The highest BCUT2D eigenvalue weighted by molar-refractivity contribution is 7.92. The molecule has 2 fully saturated rings. The maximum Gasteiger partial charge on any atom is 0.237 e. The zero-order valence-corrected chi connectivity index (χ0v) is 14.0. The van der Waals surface area contributed by atoms with Crippen LogP contribution in [0.25, 0.3) is 0 Å². The largest absolute Gasteiger partial charge is 0.340 e. The van der Waals surface area contributed by atoms with E-state index >= 15 is 0 Å². The minimum absolute atomic E-state index is 0.0781. The zero-order chi connectivity index (χ0) is 16.4. The Morgan fingerprint density at radius 2 is 1.78 bits per heavy atom. The molecule has 0 radical (unpaired) electrons. The smallest absolute Gasteiger partial charge is 0.237 e. The monoisotopic (exact) mass is 336 g/mol. The second kappa shape index (κ2) is 6.61. The number of nitrogens with two attached hydrogens (primary N) is 1. The fraction of sp³-hybridized carbons (Fsp3) is 0.588. The first-order valence-corrected chi connectivity index (χ1v) is 9.99. The van der Waals surface area contributed by atoms with Crippen molar-refractivity contribution in [2.24, 2.45) is 5.73 Å². The van der Waals surface area contributed by atoms with Crippen LogP contribution in [0.5, 0.6) is 0 Å². The van der Waals surface area contributed by atoms with Crippen LogP contribution in [0.2, 0.25) is 0 Å². The van der Waals surface area contributed by atoms with Crippen LogP contribution in [-0.4, -0.2) is 49.4 Å². The number of nitrogens with zero attached hydrogens (tertiary/aromatic N) is 1. The molecular formula is C17H24N2O3S. The Kier molecular flexibility index (Phi) is 4.73. The summed E-state index contributed by atoms with van der Waals surface area (Å²) in [5.41, 5.74) is 7.29. The van der Waals surface area contributed by atoms with Gasteiger partial charge in [-0.05, 0) is 18.4 Å². The first-order valence-electron chi connectivity index (χ1n) is 8.27. The fourth-order valence-corrected chi connectivity index (χ4v) is 5.53. The summed E-state index contributed by atoms with van der Waals surface area (Å²) < 4.78 is 24.7. The molecule has 0 spiro atoms. The summed E-state index contributed by atoms with van der Waals surface area (Å²) in [4.78, 5) is 14.1. The molecule has 1 aliphatic carbocycles. The van der Waals surface area contributed by atoms with Crippen LogP contribution < -0.4 is 5.73 Å². The average molecular weight is 336 g/mol. The molecule has 2 N–H and O–H groups in total. The van der Waals surface area contributed by atoms with E-state index in [0.717, 1.165) is 18.4 Å². The molecular weight excluding hydrogens is 312 g/mol. The molecule has 1 aromatic carbocycles. The Morgan fingerprint density at radius 1 is 1.13 bits per heavy atom. The number of carbonyl (C=O) groups is 1. The van der Waals surface area contributed by atoms with Gasteiger partial charge in [0.05, 0.1) is 5.25 Å². The molecule has 1 aliphatic heterocycles. The average Bonchev–Trinajstić information content (AvgIpc) is 3.17. The Hall–Kier alpha value is -1.40. The van der Waals surface area contributed by atoms with E-state index < -0.39 is 9.84 Å². The van der Waals surface area contributed by atoms with Crippen LogP contribution in [0, 0.1) is 0 Å². The van der Waals surface area contributed by atoms with E-state index in [1.165, 1.54) is 0 Å². The zero-order valence-electron chi connectivity index (χ0n) is 13.2. The SMILES string of the molecule is N[C@@H]1CN(C(=O)CS(=O)(=O)C2CCCC2)C[C@H]1c1ccccc1. The Morgan fingerprint density at radius 3 is 2.43 bits per heavy atom. The van der Waals surface area contributed by atoms with Gasteiger partial charge in [-0.1, -0.05) is 43.2 Å². The lowest BCUT2D eigenvalue weighted by Crippen LogP contribution is -2.38. The molecule has 2 atom stereocenters. The van der Waals surface area contributed by atoms with E-state index in [4.69, 9.17) is 5.73 Å². The minimum atomic E-state index is -3.33. The fourth-order valence-electron chi connectivity index (χ4n) is 3.71. The summed E-state index contributed by atoms with van der Waals surface area (Å²) in [5, 5.41) is -0.326. The molecule has 2 aliphatic rings. The van der Waals surface area contributed by atoms with Crippen LogP contribution in [0.4, 0.5) is 0 Å². The van der Waals surface area contributed by atoms with Crippen LogP contribution in [0.15, 0.2) is 30.3 Å². The van der Waals surface area contributed by atoms with Gasteiger partial charge < -0.3 is 10.6 Å². The molecule has 1 aromatic rings. The second-order valence-corrected chi connectivity index (χ2v) is 8.97. The highest BCUT2D eigenvalue weighted by atomic mass is 32.2. The molecule has 3 rings (SSSR count). The van der Waals surface area contributed by atoms with E-state index in [1.54, 1.807) is 4.90 Å². The number of sulfone groups is 1. The van der Waals surface area contributed by atoms with Gasteiger partial charge in [0.2, 0.25) is 5.91 Å². The molecule has 1 saturated heterocycles. The minimum Gasteiger partial charge on any atom is -0.340 e. The highest BCUT2D eigenvalue weighted by Gasteiger charge is 2.37. The van der Waals surface area contributed by atoms with Gasteiger partial charge in [-0.3, -0.25) is 4.79 Å². The van der Waals surface area contributed by atoms with E-state index in [1.807, 2.05) is 30.3 Å². The Balaban J connectivity index is 1.65.